The Kier molecular flexibility index (Phi) is 7.00. The molecule has 2 aromatic carbocycles. The second-order valence-electron chi connectivity index (χ2n) is 7.07. The maximum absolute atomic E-state index is 12.6. The highest BCUT2D eigenvalue weighted by atomic mass is 16.5. The van der Waals surface area contributed by atoms with Gasteiger partial charge in [-0.3, -0.25) is 14.4 Å². The average molecular weight is 394 g/mol. The molecule has 1 aliphatic rings. The van der Waals surface area contributed by atoms with Gasteiger partial charge in [0, 0.05) is 43.9 Å². The molecule has 6 heteroatoms. The Labute approximate surface area is 171 Å². The van der Waals surface area contributed by atoms with E-state index in [0.29, 0.717) is 18.7 Å². The van der Waals surface area contributed by atoms with Crippen LogP contribution in [0.5, 0.6) is 0 Å². The number of ketones is 1. The molecule has 0 spiro atoms. The number of carbonyl (C=O) groups excluding carboxylic acids is 3. The quantitative estimate of drug-likeness (QED) is 0.534. The van der Waals surface area contributed by atoms with Crippen molar-refractivity contribution in [1.82, 2.24) is 4.90 Å². The summed E-state index contributed by atoms with van der Waals surface area (Å²) < 4.78 is 5.27. The summed E-state index contributed by atoms with van der Waals surface area (Å²) in [6.07, 6.45) is -0.815. The van der Waals surface area contributed by atoms with E-state index in [2.05, 4.69) is 17.0 Å². The molecule has 0 saturated carbocycles. The molecule has 0 unspecified atom stereocenters. The van der Waals surface area contributed by atoms with Gasteiger partial charge >= 0.3 is 5.97 Å². The number of anilines is 1. The number of Topliss-reactive ketones (excluding diaryl/α,β-unsaturated/α-hetero) is 1. The minimum atomic E-state index is -0.849. The molecule has 3 rings (SSSR count). The van der Waals surface area contributed by atoms with Crippen LogP contribution in [0.2, 0.25) is 0 Å². The summed E-state index contributed by atoms with van der Waals surface area (Å²) in [5.41, 5.74) is 1.71. The molecule has 0 N–H and O–H groups in total. The zero-order valence-corrected chi connectivity index (χ0v) is 16.6. The van der Waals surface area contributed by atoms with Gasteiger partial charge in [0.15, 0.2) is 11.9 Å². The van der Waals surface area contributed by atoms with Crippen LogP contribution < -0.4 is 4.90 Å². The first kappa shape index (κ1) is 20.6. The molecule has 0 bridgehead atoms. The van der Waals surface area contributed by atoms with Gasteiger partial charge in [0.1, 0.15) is 0 Å². The normalized spacial score (nSPS) is 14.9. The molecule has 29 heavy (non-hydrogen) atoms. The molecule has 1 aliphatic heterocycles. The predicted molar refractivity (Wildman–Crippen MR) is 111 cm³/mol. The van der Waals surface area contributed by atoms with Crippen molar-refractivity contribution >= 4 is 23.3 Å². The topological polar surface area (TPSA) is 66.9 Å². The van der Waals surface area contributed by atoms with Crippen molar-refractivity contribution < 1.29 is 19.1 Å². The Balaban J connectivity index is 1.42. The first-order valence-corrected chi connectivity index (χ1v) is 9.91. The first-order valence-electron chi connectivity index (χ1n) is 9.91. The van der Waals surface area contributed by atoms with Crippen molar-refractivity contribution in [2.45, 2.75) is 25.9 Å². The SMILES string of the molecule is C[C@H](OC(=O)CCC(=O)c1ccccc1)C(=O)N1CCN(c2ccccc2)CC1. The molecule has 1 heterocycles. The number of nitrogens with zero attached hydrogens (tertiary/aromatic N) is 2. The number of carbonyl (C=O) groups is 3. The molecule has 0 aliphatic carbocycles. The number of piperazine rings is 1. The average Bonchev–Trinajstić information content (AvgIpc) is 2.78. The van der Waals surface area contributed by atoms with Crippen molar-refractivity contribution in [2.24, 2.45) is 0 Å². The fourth-order valence-corrected chi connectivity index (χ4v) is 3.37. The number of para-hydroxylation sites is 1. The number of ether oxygens (including phenoxy) is 1. The lowest BCUT2D eigenvalue weighted by Gasteiger charge is -2.37. The monoisotopic (exact) mass is 394 g/mol. The Morgan fingerprint density at radius 3 is 2.07 bits per heavy atom. The van der Waals surface area contributed by atoms with Gasteiger partial charge in [-0.1, -0.05) is 48.5 Å². The largest absolute Gasteiger partial charge is 0.453 e. The highest BCUT2D eigenvalue weighted by molar-refractivity contribution is 5.97. The van der Waals surface area contributed by atoms with E-state index in [9.17, 15) is 14.4 Å². The second-order valence-corrected chi connectivity index (χ2v) is 7.07. The summed E-state index contributed by atoms with van der Waals surface area (Å²) in [4.78, 5) is 40.7. The van der Waals surface area contributed by atoms with Gasteiger partial charge in [0.25, 0.3) is 5.91 Å². The molecule has 1 amide bonds. The van der Waals surface area contributed by atoms with Crippen LogP contribution in [0.15, 0.2) is 60.7 Å². The summed E-state index contributed by atoms with van der Waals surface area (Å²) in [6, 6.07) is 18.9. The van der Waals surface area contributed by atoms with Crippen LogP contribution in [-0.2, 0) is 14.3 Å². The lowest BCUT2D eigenvalue weighted by atomic mass is 10.1. The number of amides is 1. The van der Waals surface area contributed by atoms with E-state index in [4.69, 9.17) is 4.74 Å². The molecule has 1 saturated heterocycles. The van der Waals surface area contributed by atoms with E-state index in [0.717, 1.165) is 18.8 Å². The maximum Gasteiger partial charge on any atom is 0.307 e. The Morgan fingerprint density at radius 1 is 0.862 bits per heavy atom. The van der Waals surface area contributed by atoms with Crippen LogP contribution in [0.3, 0.4) is 0 Å². The fraction of sp³-hybridized carbons (Fsp3) is 0.348. The van der Waals surface area contributed by atoms with Crippen molar-refractivity contribution in [3.05, 3.63) is 66.2 Å². The van der Waals surface area contributed by atoms with E-state index in [1.165, 1.54) is 0 Å². The zero-order chi connectivity index (χ0) is 20.6. The molecular weight excluding hydrogens is 368 g/mol. The highest BCUT2D eigenvalue weighted by Gasteiger charge is 2.27. The van der Waals surface area contributed by atoms with Gasteiger partial charge in [0.2, 0.25) is 0 Å². The minimum Gasteiger partial charge on any atom is -0.453 e. The Hall–Kier alpha value is -3.15. The van der Waals surface area contributed by atoms with Crippen molar-refractivity contribution in [3.63, 3.8) is 0 Å². The molecular formula is C23H26N2O4. The lowest BCUT2D eigenvalue weighted by molar-refractivity contribution is -0.159. The summed E-state index contributed by atoms with van der Waals surface area (Å²) in [5, 5.41) is 0. The van der Waals surface area contributed by atoms with E-state index in [-0.39, 0.29) is 24.5 Å². The van der Waals surface area contributed by atoms with Gasteiger partial charge in [-0.15, -0.1) is 0 Å². The third kappa shape index (κ3) is 5.67. The number of hydrogen-bond acceptors (Lipinski definition) is 5. The van der Waals surface area contributed by atoms with Crippen molar-refractivity contribution in [2.75, 3.05) is 31.1 Å². The van der Waals surface area contributed by atoms with Crippen molar-refractivity contribution in [1.29, 1.82) is 0 Å². The molecule has 6 nitrogen and oxygen atoms in total. The number of esters is 1. The van der Waals surface area contributed by atoms with Gasteiger partial charge in [-0.05, 0) is 19.1 Å². The number of hydrogen-bond donors (Lipinski definition) is 0. The molecule has 0 aromatic heterocycles. The summed E-state index contributed by atoms with van der Waals surface area (Å²) in [6.45, 7) is 4.23. The summed E-state index contributed by atoms with van der Waals surface area (Å²) in [5.74, 6) is -0.836. The van der Waals surface area contributed by atoms with Crippen LogP contribution >= 0.6 is 0 Å². The Bertz CT molecular complexity index is 830. The highest BCUT2D eigenvalue weighted by Crippen LogP contribution is 2.16. The third-order valence-electron chi connectivity index (χ3n) is 5.02. The van der Waals surface area contributed by atoms with Crippen LogP contribution in [0, 0.1) is 0 Å². The first-order chi connectivity index (χ1) is 14.0. The van der Waals surface area contributed by atoms with Gasteiger partial charge in [-0.2, -0.15) is 0 Å². The fourth-order valence-electron chi connectivity index (χ4n) is 3.37. The Morgan fingerprint density at radius 2 is 1.45 bits per heavy atom. The van der Waals surface area contributed by atoms with Gasteiger partial charge < -0.3 is 14.5 Å². The summed E-state index contributed by atoms with van der Waals surface area (Å²) >= 11 is 0. The predicted octanol–water partition coefficient (Wildman–Crippen LogP) is 2.93. The van der Waals surface area contributed by atoms with E-state index in [1.54, 1.807) is 36.1 Å². The van der Waals surface area contributed by atoms with Gasteiger partial charge in [-0.25, -0.2) is 0 Å². The molecule has 0 radical (unpaired) electrons. The smallest absolute Gasteiger partial charge is 0.307 e. The van der Waals surface area contributed by atoms with Crippen molar-refractivity contribution in [3.8, 4) is 0 Å². The second kappa shape index (κ2) is 9.87. The van der Waals surface area contributed by atoms with Crippen LogP contribution in [0.4, 0.5) is 5.69 Å². The number of benzene rings is 2. The minimum absolute atomic E-state index is 0.0346. The standard InChI is InChI=1S/C23H26N2O4/c1-18(29-22(27)13-12-21(26)19-8-4-2-5-9-19)23(28)25-16-14-24(15-17-25)20-10-6-3-7-11-20/h2-11,18H,12-17H2,1H3/t18-/m0/s1. The van der Waals surface area contributed by atoms with Gasteiger partial charge in [0.05, 0.1) is 6.42 Å². The molecule has 152 valence electrons. The summed E-state index contributed by atoms with van der Waals surface area (Å²) in [7, 11) is 0. The van der Waals surface area contributed by atoms with E-state index >= 15 is 0 Å². The lowest BCUT2D eigenvalue weighted by Crippen LogP contribution is -2.51. The molecule has 1 fully saturated rings. The van der Waals surface area contributed by atoms with Crippen LogP contribution in [0.25, 0.3) is 0 Å². The van der Waals surface area contributed by atoms with E-state index < -0.39 is 12.1 Å². The third-order valence-corrected chi connectivity index (χ3v) is 5.02. The number of rotatable bonds is 7. The molecule has 1 atom stereocenters. The van der Waals surface area contributed by atoms with Crippen LogP contribution in [0.1, 0.15) is 30.1 Å². The molecule has 2 aromatic rings. The van der Waals surface area contributed by atoms with E-state index in [1.807, 2.05) is 24.3 Å². The zero-order valence-electron chi connectivity index (χ0n) is 16.6. The maximum atomic E-state index is 12.6. The van der Waals surface area contributed by atoms with Crippen LogP contribution in [-0.4, -0.2) is 54.8 Å².